The highest BCUT2D eigenvalue weighted by atomic mass is 16.5. The van der Waals surface area contributed by atoms with Crippen LogP contribution < -0.4 is 15.5 Å². The van der Waals surface area contributed by atoms with Crippen LogP contribution in [-0.4, -0.2) is 13.0 Å². The number of fused-ring (bicyclic) bond motifs is 2. The molecule has 1 amide bonds. The van der Waals surface area contributed by atoms with Gasteiger partial charge in [-0.3, -0.25) is 9.59 Å². The molecule has 1 heterocycles. The molecule has 128 valence electrons. The fourth-order valence-corrected chi connectivity index (χ4v) is 2.98. The van der Waals surface area contributed by atoms with Crippen LogP contribution in [0, 0.1) is 0 Å². The number of carbonyl (C=O) groups excluding carboxylic acids is 1. The standard InChI is InChI=1S/C21H15NO4/c1-25-18-11-10-17(13-6-2-3-7-14(13)18)22-21(24)16-12-26-19-9-5-4-8-15(19)20(16)23/h2-12H,1H3,(H,22,24). The molecule has 0 aliphatic heterocycles. The summed E-state index contributed by atoms with van der Waals surface area (Å²) in [5.41, 5.74) is 0.647. The summed E-state index contributed by atoms with van der Waals surface area (Å²) in [4.78, 5) is 25.3. The second kappa shape index (κ2) is 6.37. The van der Waals surface area contributed by atoms with Crippen LogP contribution in [0.4, 0.5) is 5.69 Å². The van der Waals surface area contributed by atoms with E-state index in [1.165, 1.54) is 6.26 Å². The topological polar surface area (TPSA) is 68.5 Å². The van der Waals surface area contributed by atoms with Crippen LogP contribution in [0.3, 0.4) is 0 Å². The molecule has 1 N–H and O–H groups in total. The molecule has 0 saturated carbocycles. The molecular weight excluding hydrogens is 330 g/mol. The molecule has 0 fully saturated rings. The summed E-state index contributed by atoms with van der Waals surface area (Å²) in [6.07, 6.45) is 1.20. The number of benzene rings is 3. The average Bonchev–Trinajstić information content (AvgIpc) is 2.68. The maximum absolute atomic E-state index is 12.7. The van der Waals surface area contributed by atoms with E-state index in [1.807, 2.05) is 24.3 Å². The Balaban J connectivity index is 1.77. The Bertz CT molecular complexity index is 1190. The summed E-state index contributed by atoms with van der Waals surface area (Å²) in [5.74, 6) is 0.198. The van der Waals surface area contributed by atoms with Gasteiger partial charge in [-0.1, -0.05) is 36.4 Å². The van der Waals surface area contributed by atoms with Crippen molar-refractivity contribution >= 4 is 33.3 Å². The summed E-state index contributed by atoms with van der Waals surface area (Å²) in [5, 5.41) is 4.88. The first-order valence-electron chi connectivity index (χ1n) is 8.06. The first-order chi connectivity index (χ1) is 12.7. The molecule has 5 nitrogen and oxygen atoms in total. The van der Waals surface area contributed by atoms with Crippen molar-refractivity contribution in [3.63, 3.8) is 0 Å². The van der Waals surface area contributed by atoms with Gasteiger partial charge in [0.25, 0.3) is 5.91 Å². The molecule has 1 aromatic heterocycles. The maximum atomic E-state index is 12.7. The molecule has 0 saturated heterocycles. The molecule has 26 heavy (non-hydrogen) atoms. The van der Waals surface area contributed by atoms with Gasteiger partial charge in [0, 0.05) is 16.5 Å². The van der Waals surface area contributed by atoms with Crippen LogP contribution in [0.1, 0.15) is 10.4 Å². The normalized spacial score (nSPS) is 10.8. The van der Waals surface area contributed by atoms with Gasteiger partial charge in [-0.15, -0.1) is 0 Å². The average molecular weight is 345 g/mol. The molecule has 0 unspecified atom stereocenters. The number of amides is 1. The summed E-state index contributed by atoms with van der Waals surface area (Å²) >= 11 is 0. The summed E-state index contributed by atoms with van der Waals surface area (Å²) in [6.45, 7) is 0. The smallest absolute Gasteiger partial charge is 0.262 e. The number of hydrogen-bond donors (Lipinski definition) is 1. The van der Waals surface area contributed by atoms with E-state index in [0.29, 0.717) is 22.4 Å². The lowest BCUT2D eigenvalue weighted by Gasteiger charge is -2.11. The van der Waals surface area contributed by atoms with Crippen molar-refractivity contribution in [3.8, 4) is 5.75 Å². The van der Waals surface area contributed by atoms with Crippen molar-refractivity contribution in [1.82, 2.24) is 0 Å². The highest BCUT2D eigenvalue weighted by molar-refractivity contribution is 6.10. The molecular formula is C21H15NO4. The number of anilines is 1. The Morgan fingerprint density at radius 3 is 2.38 bits per heavy atom. The van der Waals surface area contributed by atoms with Gasteiger partial charge < -0.3 is 14.5 Å². The summed E-state index contributed by atoms with van der Waals surface area (Å²) in [6, 6.07) is 17.9. The molecule has 4 rings (SSSR count). The van der Waals surface area contributed by atoms with Crippen LogP contribution in [-0.2, 0) is 0 Å². The first-order valence-corrected chi connectivity index (χ1v) is 8.06. The predicted octanol–water partition coefficient (Wildman–Crippen LogP) is 4.21. The molecule has 0 atom stereocenters. The maximum Gasteiger partial charge on any atom is 0.262 e. The summed E-state index contributed by atoms with van der Waals surface area (Å²) < 4.78 is 10.8. The van der Waals surface area contributed by atoms with E-state index in [4.69, 9.17) is 9.15 Å². The van der Waals surface area contributed by atoms with Crippen molar-refractivity contribution in [2.24, 2.45) is 0 Å². The van der Waals surface area contributed by atoms with Gasteiger partial charge in [0.2, 0.25) is 5.43 Å². The molecule has 0 bridgehead atoms. The monoisotopic (exact) mass is 345 g/mol. The molecule has 0 aliphatic carbocycles. The minimum atomic E-state index is -0.514. The second-order valence-corrected chi connectivity index (χ2v) is 5.79. The van der Waals surface area contributed by atoms with E-state index in [1.54, 1.807) is 43.5 Å². The van der Waals surface area contributed by atoms with Crippen molar-refractivity contribution in [2.75, 3.05) is 12.4 Å². The van der Waals surface area contributed by atoms with Crippen LogP contribution >= 0.6 is 0 Å². The third-order valence-electron chi connectivity index (χ3n) is 4.28. The lowest BCUT2D eigenvalue weighted by Crippen LogP contribution is -2.21. The molecule has 0 aliphatic rings. The van der Waals surface area contributed by atoms with E-state index in [0.717, 1.165) is 10.8 Å². The SMILES string of the molecule is COc1ccc(NC(=O)c2coc3ccccc3c2=O)c2ccccc12. The van der Waals surface area contributed by atoms with E-state index < -0.39 is 5.91 Å². The third-order valence-corrected chi connectivity index (χ3v) is 4.28. The minimum Gasteiger partial charge on any atom is -0.496 e. The Hall–Kier alpha value is -3.60. The Morgan fingerprint density at radius 1 is 0.923 bits per heavy atom. The Morgan fingerprint density at radius 2 is 1.62 bits per heavy atom. The van der Waals surface area contributed by atoms with Crippen LogP contribution in [0.5, 0.6) is 5.75 Å². The number of nitrogens with one attached hydrogen (secondary N) is 1. The zero-order valence-corrected chi connectivity index (χ0v) is 14.0. The van der Waals surface area contributed by atoms with Crippen molar-refractivity contribution in [1.29, 1.82) is 0 Å². The quantitative estimate of drug-likeness (QED) is 0.604. The highest BCUT2D eigenvalue weighted by Gasteiger charge is 2.16. The van der Waals surface area contributed by atoms with Gasteiger partial charge >= 0.3 is 0 Å². The Labute approximate surface area is 148 Å². The van der Waals surface area contributed by atoms with Gasteiger partial charge in [-0.25, -0.2) is 0 Å². The van der Waals surface area contributed by atoms with Gasteiger partial charge in [0.15, 0.2) is 0 Å². The zero-order chi connectivity index (χ0) is 18.1. The number of hydrogen-bond acceptors (Lipinski definition) is 4. The molecule has 4 aromatic rings. The van der Waals surface area contributed by atoms with Gasteiger partial charge in [0.05, 0.1) is 12.5 Å². The highest BCUT2D eigenvalue weighted by Crippen LogP contribution is 2.31. The molecule has 0 radical (unpaired) electrons. The molecule has 0 spiro atoms. The fraction of sp³-hybridized carbons (Fsp3) is 0.0476. The van der Waals surface area contributed by atoms with Crippen LogP contribution in [0.25, 0.3) is 21.7 Å². The number of ether oxygens (including phenoxy) is 1. The van der Waals surface area contributed by atoms with Crippen LogP contribution in [0.15, 0.2) is 76.1 Å². The molecule has 3 aromatic carbocycles. The predicted molar refractivity (Wildman–Crippen MR) is 101 cm³/mol. The number of methoxy groups -OCH3 is 1. The third kappa shape index (κ3) is 2.59. The summed E-state index contributed by atoms with van der Waals surface area (Å²) in [7, 11) is 1.60. The van der Waals surface area contributed by atoms with Crippen molar-refractivity contribution in [3.05, 3.63) is 82.7 Å². The van der Waals surface area contributed by atoms with Crippen LogP contribution in [0.2, 0.25) is 0 Å². The van der Waals surface area contributed by atoms with Crippen molar-refractivity contribution in [2.45, 2.75) is 0 Å². The van der Waals surface area contributed by atoms with E-state index in [9.17, 15) is 9.59 Å². The second-order valence-electron chi connectivity index (χ2n) is 5.79. The van der Waals surface area contributed by atoms with Gasteiger partial charge in [-0.05, 0) is 24.3 Å². The fourth-order valence-electron chi connectivity index (χ4n) is 2.98. The number of carbonyl (C=O) groups is 1. The van der Waals surface area contributed by atoms with Gasteiger partial charge in [-0.2, -0.15) is 0 Å². The lowest BCUT2D eigenvalue weighted by atomic mass is 10.1. The van der Waals surface area contributed by atoms with Crippen molar-refractivity contribution < 1.29 is 13.9 Å². The Kier molecular flexibility index (Phi) is 3.89. The lowest BCUT2D eigenvalue weighted by molar-refractivity contribution is 0.102. The molecule has 5 heteroatoms. The zero-order valence-electron chi connectivity index (χ0n) is 14.0. The number of rotatable bonds is 3. The van der Waals surface area contributed by atoms with Gasteiger partial charge in [0.1, 0.15) is 23.2 Å². The largest absolute Gasteiger partial charge is 0.496 e. The number of para-hydroxylation sites is 1. The van der Waals surface area contributed by atoms with E-state index >= 15 is 0 Å². The first kappa shape index (κ1) is 15.9. The van der Waals surface area contributed by atoms with E-state index in [-0.39, 0.29) is 11.0 Å². The van der Waals surface area contributed by atoms with E-state index in [2.05, 4.69) is 5.32 Å². The minimum absolute atomic E-state index is 0.0383.